The molecular weight excluding hydrogens is 198 g/mol. The van der Waals surface area contributed by atoms with Crippen LogP contribution in [-0.2, 0) is 4.79 Å². The van der Waals surface area contributed by atoms with Gasteiger partial charge in [-0.05, 0) is 5.04 Å². The van der Waals surface area contributed by atoms with Crippen molar-refractivity contribution in [1.29, 1.82) is 0 Å². The van der Waals surface area contributed by atoms with Gasteiger partial charge in [0.15, 0.2) is 0 Å². The number of aliphatic carboxylic acids is 1. The number of carbonyl (C=O) groups is 1. The molecule has 0 rings (SSSR count). The lowest BCUT2D eigenvalue weighted by atomic mass is 10.2. The van der Waals surface area contributed by atoms with Crippen molar-refractivity contribution in [3.63, 3.8) is 0 Å². The van der Waals surface area contributed by atoms with Gasteiger partial charge >= 0.3 is 5.97 Å². The maximum atomic E-state index is 10.7. The lowest BCUT2D eigenvalue weighted by Gasteiger charge is -2.39. The van der Waals surface area contributed by atoms with Crippen molar-refractivity contribution < 1.29 is 15.0 Å². The van der Waals surface area contributed by atoms with Crippen LogP contribution in [0.25, 0.3) is 0 Å². The number of aliphatic hydroxyl groups is 1. The normalized spacial score (nSPS) is 15.3. The summed E-state index contributed by atoms with van der Waals surface area (Å²) in [6.45, 7) is 10.0. The van der Waals surface area contributed by atoms with Crippen LogP contribution in [0.15, 0.2) is 0 Å². The van der Waals surface area contributed by atoms with Crippen molar-refractivity contribution in [2.75, 3.05) is 6.61 Å². The molecule has 0 aliphatic carbocycles. The molecule has 0 heterocycles. The van der Waals surface area contributed by atoms with Crippen molar-refractivity contribution in [2.24, 2.45) is 0 Å². The molecule has 0 saturated carbocycles. The monoisotopic (exact) mass is 219 g/mol. The summed E-state index contributed by atoms with van der Waals surface area (Å²) in [6.07, 6.45) is 0. The lowest BCUT2D eigenvalue weighted by Crippen LogP contribution is -2.59. The highest BCUT2D eigenvalue weighted by molar-refractivity contribution is 6.78. The quantitative estimate of drug-likeness (QED) is 0.618. The fourth-order valence-corrected chi connectivity index (χ4v) is 2.36. The van der Waals surface area contributed by atoms with Crippen LogP contribution in [0.1, 0.15) is 20.8 Å². The SMILES string of the molecule is CC(C)(C)[Si](C)(C)NC(CO)C(=O)O. The number of hydrogen-bond donors (Lipinski definition) is 3. The van der Waals surface area contributed by atoms with E-state index in [0.717, 1.165) is 0 Å². The molecule has 0 aliphatic heterocycles. The molecule has 0 radical (unpaired) electrons. The Bertz CT molecular complexity index is 211. The number of carboxylic acid groups (broad SMARTS) is 1. The number of carboxylic acids is 1. The molecule has 0 spiro atoms. The van der Waals surface area contributed by atoms with Crippen LogP contribution < -0.4 is 4.98 Å². The molecule has 0 aromatic rings. The van der Waals surface area contributed by atoms with Gasteiger partial charge in [-0.25, -0.2) is 0 Å². The van der Waals surface area contributed by atoms with Gasteiger partial charge < -0.3 is 15.2 Å². The summed E-state index contributed by atoms with van der Waals surface area (Å²) >= 11 is 0. The molecule has 0 aromatic heterocycles. The van der Waals surface area contributed by atoms with Crippen LogP contribution in [0, 0.1) is 0 Å². The van der Waals surface area contributed by atoms with E-state index in [0.29, 0.717) is 0 Å². The van der Waals surface area contributed by atoms with Crippen molar-refractivity contribution in [2.45, 2.75) is 44.9 Å². The Labute approximate surface area is 86.4 Å². The molecule has 1 atom stereocenters. The summed E-state index contributed by atoms with van der Waals surface area (Å²) in [7, 11) is -1.84. The van der Waals surface area contributed by atoms with Crippen LogP contribution in [0.3, 0.4) is 0 Å². The second-order valence-electron chi connectivity index (χ2n) is 5.09. The first-order chi connectivity index (χ1) is 6.12. The van der Waals surface area contributed by atoms with Gasteiger partial charge in [-0.2, -0.15) is 0 Å². The molecule has 0 aromatic carbocycles. The Balaban J connectivity index is 4.56. The summed E-state index contributed by atoms with van der Waals surface area (Å²) < 4.78 is 0. The summed E-state index contributed by atoms with van der Waals surface area (Å²) in [5, 5.41) is 17.8. The summed E-state index contributed by atoms with van der Waals surface area (Å²) in [4.78, 5) is 13.8. The predicted molar refractivity (Wildman–Crippen MR) is 58.8 cm³/mol. The van der Waals surface area contributed by atoms with Gasteiger partial charge in [-0.1, -0.05) is 33.9 Å². The van der Waals surface area contributed by atoms with E-state index in [2.05, 4.69) is 38.8 Å². The molecular formula is C9H21NO3Si. The Morgan fingerprint density at radius 2 is 1.86 bits per heavy atom. The second kappa shape index (κ2) is 4.42. The number of nitrogens with one attached hydrogen (secondary N) is 1. The lowest BCUT2D eigenvalue weighted by molar-refractivity contribution is -0.140. The highest BCUT2D eigenvalue weighted by Gasteiger charge is 2.38. The molecule has 14 heavy (non-hydrogen) atoms. The first-order valence-electron chi connectivity index (χ1n) is 4.73. The van der Waals surface area contributed by atoms with Gasteiger partial charge in [0.1, 0.15) is 14.3 Å². The van der Waals surface area contributed by atoms with Gasteiger partial charge in [0.25, 0.3) is 0 Å². The van der Waals surface area contributed by atoms with E-state index in [1.54, 1.807) is 0 Å². The van der Waals surface area contributed by atoms with Crippen molar-refractivity contribution >= 4 is 14.2 Å². The van der Waals surface area contributed by atoms with E-state index in [-0.39, 0.29) is 11.6 Å². The Kier molecular flexibility index (Phi) is 4.29. The third-order valence-corrected chi connectivity index (χ3v) is 7.71. The minimum atomic E-state index is -1.84. The van der Waals surface area contributed by atoms with Gasteiger partial charge in [-0.15, -0.1) is 0 Å². The van der Waals surface area contributed by atoms with Crippen LogP contribution in [0.2, 0.25) is 18.1 Å². The first-order valence-corrected chi connectivity index (χ1v) is 7.73. The zero-order chi connectivity index (χ0) is 11.6. The average molecular weight is 219 g/mol. The average Bonchev–Trinajstić information content (AvgIpc) is 1.97. The Morgan fingerprint density at radius 1 is 1.43 bits per heavy atom. The third kappa shape index (κ3) is 3.40. The molecule has 3 N–H and O–H groups in total. The predicted octanol–water partition coefficient (Wildman–Crippen LogP) is 1.03. The standard InChI is InChI=1S/C9H21NO3Si/c1-9(2,3)14(4,5)10-7(6-11)8(12)13/h7,10-11H,6H2,1-5H3,(H,12,13). The van der Waals surface area contributed by atoms with Crippen molar-refractivity contribution in [3.8, 4) is 0 Å². The first kappa shape index (κ1) is 13.6. The summed E-state index contributed by atoms with van der Waals surface area (Å²) in [5.41, 5.74) is 0. The minimum absolute atomic E-state index is 0.0653. The molecule has 0 saturated heterocycles. The topological polar surface area (TPSA) is 69.6 Å². The fraction of sp³-hybridized carbons (Fsp3) is 0.889. The molecule has 4 nitrogen and oxygen atoms in total. The highest BCUT2D eigenvalue weighted by Crippen LogP contribution is 2.33. The van der Waals surface area contributed by atoms with Crippen LogP contribution in [-0.4, -0.2) is 37.1 Å². The number of rotatable bonds is 4. The second-order valence-corrected chi connectivity index (χ2v) is 10.1. The van der Waals surface area contributed by atoms with Crippen molar-refractivity contribution in [1.82, 2.24) is 4.98 Å². The molecule has 0 bridgehead atoms. The zero-order valence-corrected chi connectivity index (χ0v) is 10.6. The minimum Gasteiger partial charge on any atom is -0.480 e. The van der Waals surface area contributed by atoms with E-state index < -0.39 is 20.2 Å². The third-order valence-electron chi connectivity index (χ3n) is 2.89. The van der Waals surface area contributed by atoms with Gasteiger partial charge in [-0.3, -0.25) is 4.79 Å². The molecule has 84 valence electrons. The molecule has 0 fully saturated rings. The zero-order valence-electron chi connectivity index (χ0n) is 9.59. The largest absolute Gasteiger partial charge is 0.480 e. The number of aliphatic hydroxyl groups excluding tert-OH is 1. The van der Waals surface area contributed by atoms with Crippen molar-refractivity contribution in [3.05, 3.63) is 0 Å². The van der Waals surface area contributed by atoms with E-state index >= 15 is 0 Å². The molecule has 0 amide bonds. The van der Waals surface area contributed by atoms with E-state index in [1.165, 1.54) is 0 Å². The summed E-state index contributed by atoms with van der Waals surface area (Å²) in [5.74, 6) is -0.989. The van der Waals surface area contributed by atoms with Crippen LogP contribution in [0.5, 0.6) is 0 Å². The van der Waals surface area contributed by atoms with Gasteiger partial charge in [0.05, 0.1) is 6.61 Å². The molecule has 5 heteroatoms. The summed E-state index contributed by atoms with van der Waals surface area (Å²) in [6, 6.07) is -0.837. The van der Waals surface area contributed by atoms with Crippen LogP contribution >= 0.6 is 0 Å². The van der Waals surface area contributed by atoms with E-state index in [9.17, 15) is 4.79 Å². The maximum Gasteiger partial charge on any atom is 0.322 e. The number of hydrogen-bond acceptors (Lipinski definition) is 3. The van der Waals surface area contributed by atoms with Crippen LogP contribution in [0.4, 0.5) is 0 Å². The Hall–Kier alpha value is -0.393. The highest BCUT2D eigenvalue weighted by atomic mass is 28.3. The van der Waals surface area contributed by atoms with E-state index in [1.807, 2.05) is 0 Å². The fourth-order valence-electron chi connectivity index (χ4n) is 0.838. The van der Waals surface area contributed by atoms with Gasteiger partial charge in [0.2, 0.25) is 0 Å². The maximum absolute atomic E-state index is 10.7. The molecule has 0 aliphatic rings. The Morgan fingerprint density at radius 3 is 2.07 bits per heavy atom. The smallest absolute Gasteiger partial charge is 0.322 e. The van der Waals surface area contributed by atoms with Gasteiger partial charge in [0, 0.05) is 0 Å². The molecule has 1 unspecified atom stereocenters. The van der Waals surface area contributed by atoms with E-state index in [4.69, 9.17) is 10.2 Å².